The number of nitrogens with one attached hydrogen (secondary N) is 1. The smallest absolute Gasteiger partial charge is 0.147 e. The molecule has 2 aliphatic rings. The Bertz CT molecular complexity index is 736. The number of hydrogen-bond acceptors (Lipinski definition) is 5. The molecule has 1 atom stereocenters. The average Bonchev–Trinajstić information content (AvgIpc) is 3.06. The first-order chi connectivity index (χ1) is 11.8. The topological polar surface area (TPSA) is 69.8 Å². The standard InChI is InChI=1S/C18H22N6/c19-10-14-3-5-15(6-4-14)12-23-8-9-24-17(13-23)21-22-18(24)16-2-1-7-20-11-16/h3-6,16,20H,1-2,7-9,11-13H2. The van der Waals surface area contributed by atoms with Gasteiger partial charge in [0.1, 0.15) is 11.6 Å². The number of benzene rings is 1. The van der Waals surface area contributed by atoms with Crippen LogP contribution in [0.1, 0.15) is 41.5 Å². The molecule has 2 aliphatic heterocycles. The maximum atomic E-state index is 8.89. The summed E-state index contributed by atoms with van der Waals surface area (Å²) in [5, 5.41) is 21.3. The van der Waals surface area contributed by atoms with Crippen molar-refractivity contribution in [1.29, 1.82) is 5.26 Å². The lowest BCUT2D eigenvalue weighted by Gasteiger charge is -2.29. The van der Waals surface area contributed by atoms with Crippen molar-refractivity contribution >= 4 is 0 Å². The van der Waals surface area contributed by atoms with Gasteiger partial charge in [0.15, 0.2) is 0 Å². The number of piperidine rings is 1. The van der Waals surface area contributed by atoms with Gasteiger partial charge in [-0.1, -0.05) is 12.1 Å². The Morgan fingerprint density at radius 3 is 2.83 bits per heavy atom. The molecule has 1 fully saturated rings. The molecule has 6 heteroatoms. The second-order valence-electron chi connectivity index (χ2n) is 6.69. The van der Waals surface area contributed by atoms with Gasteiger partial charge in [-0.2, -0.15) is 5.26 Å². The third kappa shape index (κ3) is 3.05. The summed E-state index contributed by atoms with van der Waals surface area (Å²) in [5.74, 6) is 2.75. The number of nitrogens with zero attached hydrogens (tertiary/aromatic N) is 5. The Hall–Kier alpha value is -2.23. The summed E-state index contributed by atoms with van der Waals surface area (Å²) in [5.41, 5.74) is 1.95. The van der Waals surface area contributed by atoms with Crippen LogP contribution in [0.15, 0.2) is 24.3 Å². The van der Waals surface area contributed by atoms with Crippen molar-refractivity contribution < 1.29 is 0 Å². The first-order valence-electron chi connectivity index (χ1n) is 8.67. The summed E-state index contributed by atoms with van der Waals surface area (Å²) in [7, 11) is 0. The van der Waals surface area contributed by atoms with Crippen LogP contribution in [-0.2, 0) is 19.6 Å². The highest BCUT2D eigenvalue weighted by Gasteiger charge is 2.26. The summed E-state index contributed by atoms with van der Waals surface area (Å²) in [6, 6.07) is 10.0. The number of nitriles is 1. The Labute approximate surface area is 142 Å². The van der Waals surface area contributed by atoms with Crippen LogP contribution >= 0.6 is 0 Å². The minimum absolute atomic E-state index is 0.505. The van der Waals surface area contributed by atoms with Crippen molar-refractivity contribution in [3.63, 3.8) is 0 Å². The van der Waals surface area contributed by atoms with Crippen molar-refractivity contribution in [3.8, 4) is 6.07 Å². The van der Waals surface area contributed by atoms with E-state index in [0.717, 1.165) is 50.9 Å². The molecule has 0 radical (unpaired) electrons. The van der Waals surface area contributed by atoms with Crippen molar-refractivity contribution in [2.75, 3.05) is 19.6 Å². The first kappa shape index (κ1) is 15.3. The predicted octanol–water partition coefficient (Wildman–Crippen LogP) is 1.63. The zero-order valence-corrected chi connectivity index (χ0v) is 13.8. The van der Waals surface area contributed by atoms with E-state index >= 15 is 0 Å². The molecule has 0 bridgehead atoms. The fourth-order valence-electron chi connectivity index (χ4n) is 3.68. The van der Waals surface area contributed by atoms with E-state index in [-0.39, 0.29) is 0 Å². The zero-order valence-electron chi connectivity index (χ0n) is 13.8. The largest absolute Gasteiger partial charge is 0.316 e. The number of aromatic nitrogens is 3. The van der Waals surface area contributed by atoms with Gasteiger partial charge in [-0.3, -0.25) is 4.90 Å². The Morgan fingerprint density at radius 2 is 2.08 bits per heavy atom. The molecule has 1 unspecified atom stereocenters. The monoisotopic (exact) mass is 322 g/mol. The fourth-order valence-corrected chi connectivity index (χ4v) is 3.68. The van der Waals surface area contributed by atoms with Crippen LogP contribution < -0.4 is 5.32 Å². The molecule has 6 nitrogen and oxygen atoms in total. The molecule has 24 heavy (non-hydrogen) atoms. The molecule has 1 saturated heterocycles. The molecule has 124 valence electrons. The second kappa shape index (κ2) is 6.71. The van der Waals surface area contributed by atoms with Gasteiger partial charge < -0.3 is 9.88 Å². The van der Waals surface area contributed by atoms with E-state index in [4.69, 9.17) is 5.26 Å². The van der Waals surface area contributed by atoms with Crippen LogP contribution in [0.5, 0.6) is 0 Å². The maximum absolute atomic E-state index is 8.89. The van der Waals surface area contributed by atoms with Crippen LogP contribution in [0.3, 0.4) is 0 Å². The van der Waals surface area contributed by atoms with Crippen LogP contribution in [0.2, 0.25) is 0 Å². The van der Waals surface area contributed by atoms with Gasteiger partial charge in [0.2, 0.25) is 0 Å². The van der Waals surface area contributed by atoms with E-state index in [2.05, 4.69) is 31.1 Å². The molecule has 0 aliphatic carbocycles. The minimum Gasteiger partial charge on any atom is -0.316 e. The third-order valence-electron chi connectivity index (χ3n) is 5.01. The average molecular weight is 322 g/mol. The zero-order chi connectivity index (χ0) is 16.4. The van der Waals surface area contributed by atoms with Gasteiger partial charge in [0, 0.05) is 32.1 Å². The van der Waals surface area contributed by atoms with E-state index in [9.17, 15) is 0 Å². The number of fused-ring (bicyclic) bond motifs is 1. The van der Waals surface area contributed by atoms with Crippen LogP contribution in [0, 0.1) is 11.3 Å². The van der Waals surface area contributed by atoms with E-state index in [1.807, 2.05) is 24.3 Å². The Kier molecular flexibility index (Phi) is 4.28. The van der Waals surface area contributed by atoms with Gasteiger partial charge >= 0.3 is 0 Å². The number of hydrogen-bond donors (Lipinski definition) is 1. The fraction of sp³-hybridized carbons (Fsp3) is 0.500. The quantitative estimate of drug-likeness (QED) is 0.930. The van der Waals surface area contributed by atoms with Crippen molar-refractivity contribution in [1.82, 2.24) is 25.0 Å². The molecule has 1 aromatic heterocycles. The third-order valence-corrected chi connectivity index (χ3v) is 5.01. The summed E-state index contributed by atoms with van der Waals surface area (Å²) < 4.78 is 2.33. The van der Waals surface area contributed by atoms with Gasteiger partial charge in [0.05, 0.1) is 18.2 Å². The molecule has 3 heterocycles. The van der Waals surface area contributed by atoms with Gasteiger partial charge in [-0.05, 0) is 37.1 Å². The highest BCUT2D eigenvalue weighted by Crippen LogP contribution is 2.24. The Balaban J connectivity index is 1.44. The summed E-state index contributed by atoms with van der Waals surface area (Å²) in [6.07, 6.45) is 2.43. The molecule has 0 amide bonds. The van der Waals surface area contributed by atoms with E-state index in [1.165, 1.54) is 18.4 Å². The molecule has 1 aromatic carbocycles. The summed E-state index contributed by atoms with van der Waals surface area (Å²) in [6.45, 7) is 5.84. The van der Waals surface area contributed by atoms with E-state index in [1.54, 1.807) is 0 Å². The lowest BCUT2D eigenvalue weighted by atomic mass is 9.99. The number of rotatable bonds is 3. The maximum Gasteiger partial charge on any atom is 0.147 e. The normalized spacial score (nSPS) is 21.2. The van der Waals surface area contributed by atoms with E-state index in [0.29, 0.717) is 11.5 Å². The summed E-state index contributed by atoms with van der Waals surface area (Å²) >= 11 is 0. The van der Waals surface area contributed by atoms with Crippen LogP contribution in [0.4, 0.5) is 0 Å². The van der Waals surface area contributed by atoms with Crippen LogP contribution in [0.25, 0.3) is 0 Å². The first-order valence-corrected chi connectivity index (χ1v) is 8.67. The minimum atomic E-state index is 0.505. The van der Waals surface area contributed by atoms with Crippen molar-refractivity contribution in [2.24, 2.45) is 0 Å². The lowest BCUT2D eigenvalue weighted by Crippen LogP contribution is -2.35. The lowest BCUT2D eigenvalue weighted by molar-refractivity contribution is 0.205. The van der Waals surface area contributed by atoms with Gasteiger partial charge in [0.25, 0.3) is 0 Å². The van der Waals surface area contributed by atoms with Crippen molar-refractivity contribution in [3.05, 3.63) is 47.0 Å². The van der Waals surface area contributed by atoms with Gasteiger partial charge in [-0.25, -0.2) is 0 Å². The second-order valence-corrected chi connectivity index (χ2v) is 6.69. The van der Waals surface area contributed by atoms with Gasteiger partial charge in [-0.15, -0.1) is 10.2 Å². The molecule has 0 saturated carbocycles. The molecule has 4 rings (SSSR count). The molecule has 0 spiro atoms. The van der Waals surface area contributed by atoms with Crippen LogP contribution in [-0.4, -0.2) is 39.3 Å². The van der Waals surface area contributed by atoms with Crippen molar-refractivity contribution in [2.45, 2.75) is 38.4 Å². The highest BCUT2D eigenvalue weighted by atomic mass is 15.3. The Morgan fingerprint density at radius 1 is 1.21 bits per heavy atom. The molecular weight excluding hydrogens is 300 g/mol. The molecule has 2 aromatic rings. The molecule has 1 N–H and O–H groups in total. The van der Waals surface area contributed by atoms with E-state index < -0.39 is 0 Å². The summed E-state index contributed by atoms with van der Waals surface area (Å²) in [4.78, 5) is 2.40. The molecular formula is C18H22N6. The SMILES string of the molecule is N#Cc1ccc(CN2CCn3c(nnc3C3CCCNC3)C2)cc1. The predicted molar refractivity (Wildman–Crippen MR) is 90.1 cm³/mol. The highest BCUT2D eigenvalue weighted by molar-refractivity contribution is 5.31.